The predicted octanol–water partition coefficient (Wildman–Crippen LogP) is 4.08. The molecule has 0 unspecified atom stereocenters. The first-order chi connectivity index (χ1) is 11.5. The van der Waals surface area contributed by atoms with Gasteiger partial charge in [-0.2, -0.15) is 0 Å². The quantitative estimate of drug-likeness (QED) is 0.775. The summed E-state index contributed by atoms with van der Waals surface area (Å²) in [5.74, 6) is -1.12. The highest BCUT2D eigenvalue weighted by Crippen LogP contribution is 2.44. The number of nitrogens with zero attached hydrogens (tertiary/aromatic N) is 1. The third kappa shape index (κ3) is 2.91. The van der Waals surface area contributed by atoms with Gasteiger partial charge in [0.05, 0.1) is 18.1 Å². The summed E-state index contributed by atoms with van der Waals surface area (Å²) in [6.45, 7) is 3.85. The van der Waals surface area contributed by atoms with Crippen LogP contribution in [0.15, 0.2) is 40.5 Å². The van der Waals surface area contributed by atoms with Gasteiger partial charge in [0.15, 0.2) is 0 Å². The van der Waals surface area contributed by atoms with Gasteiger partial charge in [-0.15, -0.1) is 0 Å². The van der Waals surface area contributed by atoms with E-state index in [1.165, 1.54) is 0 Å². The zero-order valence-electron chi connectivity index (χ0n) is 13.8. The number of hydrogen-bond donors (Lipinski definition) is 0. The van der Waals surface area contributed by atoms with Gasteiger partial charge in [0.2, 0.25) is 0 Å². The van der Waals surface area contributed by atoms with Crippen molar-refractivity contribution in [2.24, 2.45) is 10.9 Å². The largest absolute Gasteiger partial charge is 0.463 e. The Bertz CT molecular complexity index is 751. The lowest BCUT2D eigenvalue weighted by Gasteiger charge is -2.35. The SMILES string of the molecule is CCOC(=O)C1=C(C)N=C2CCCC(=O)[C@@H]2[C@@H]1c1ccccc1Cl. The highest BCUT2D eigenvalue weighted by Gasteiger charge is 2.44. The van der Waals surface area contributed by atoms with Gasteiger partial charge >= 0.3 is 5.97 Å². The standard InChI is InChI=1S/C19H20ClNO3/c1-3-24-19(23)16-11(2)21-14-9-6-10-15(22)18(14)17(16)12-7-4-5-8-13(12)20/h4-5,7-8,17-18H,3,6,9-10H2,1-2H3/t17-,18-/m1/s1. The molecule has 0 aromatic heterocycles. The molecular weight excluding hydrogens is 326 g/mol. The molecule has 5 heteroatoms. The van der Waals surface area contributed by atoms with E-state index in [4.69, 9.17) is 16.3 Å². The van der Waals surface area contributed by atoms with Crippen molar-refractivity contribution >= 4 is 29.1 Å². The van der Waals surface area contributed by atoms with Crippen LogP contribution in [0.1, 0.15) is 44.6 Å². The van der Waals surface area contributed by atoms with Crippen LogP contribution in [0, 0.1) is 5.92 Å². The molecule has 1 fully saturated rings. The van der Waals surface area contributed by atoms with Crippen LogP contribution in [0.2, 0.25) is 5.02 Å². The van der Waals surface area contributed by atoms with Crippen molar-refractivity contribution in [3.8, 4) is 0 Å². The van der Waals surface area contributed by atoms with Gasteiger partial charge in [-0.1, -0.05) is 29.8 Å². The molecule has 1 aliphatic carbocycles. The van der Waals surface area contributed by atoms with E-state index in [0.29, 0.717) is 22.7 Å². The fraction of sp³-hybridized carbons (Fsp3) is 0.421. The fourth-order valence-electron chi connectivity index (χ4n) is 3.66. The lowest BCUT2D eigenvalue weighted by atomic mass is 9.69. The van der Waals surface area contributed by atoms with Crippen molar-refractivity contribution in [1.29, 1.82) is 0 Å². The first-order valence-corrected chi connectivity index (χ1v) is 8.64. The summed E-state index contributed by atoms with van der Waals surface area (Å²) in [5.41, 5.74) is 2.73. The van der Waals surface area contributed by atoms with Crippen LogP contribution in [0.5, 0.6) is 0 Å². The van der Waals surface area contributed by atoms with Crippen LogP contribution in [0.3, 0.4) is 0 Å². The lowest BCUT2D eigenvalue weighted by molar-refractivity contribution is -0.139. The van der Waals surface area contributed by atoms with Crippen LogP contribution < -0.4 is 0 Å². The molecule has 24 heavy (non-hydrogen) atoms. The second kappa shape index (κ2) is 6.89. The van der Waals surface area contributed by atoms with Crippen LogP contribution in [-0.2, 0) is 14.3 Å². The summed E-state index contributed by atoms with van der Waals surface area (Å²) in [4.78, 5) is 29.8. The topological polar surface area (TPSA) is 55.7 Å². The minimum atomic E-state index is -0.418. The van der Waals surface area contributed by atoms with Gasteiger partial charge in [0, 0.05) is 28.8 Å². The van der Waals surface area contributed by atoms with E-state index in [2.05, 4.69) is 4.99 Å². The number of allylic oxidation sites excluding steroid dienone is 1. The number of carbonyl (C=O) groups excluding carboxylic acids is 2. The van der Waals surface area contributed by atoms with E-state index < -0.39 is 17.8 Å². The molecule has 3 rings (SSSR count). The Balaban J connectivity index is 2.18. The molecule has 1 aliphatic heterocycles. The molecule has 0 saturated heterocycles. The Morgan fingerprint density at radius 2 is 2.04 bits per heavy atom. The van der Waals surface area contributed by atoms with Crippen molar-refractivity contribution < 1.29 is 14.3 Å². The number of fused-ring (bicyclic) bond motifs is 1. The van der Waals surface area contributed by atoms with E-state index in [1.807, 2.05) is 18.2 Å². The third-order valence-electron chi connectivity index (χ3n) is 4.64. The van der Waals surface area contributed by atoms with E-state index >= 15 is 0 Å². The molecule has 1 saturated carbocycles. The normalized spacial score (nSPS) is 23.6. The molecular formula is C19H20ClNO3. The number of aliphatic imine (C=N–C) groups is 1. The maximum Gasteiger partial charge on any atom is 0.336 e. The zero-order chi connectivity index (χ0) is 17.3. The second-order valence-corrected chi connectivity index (χ2v) is 6.53. The summed E-state index contributed by atoms with van der Waals surface area (Å²) in [5, 5.41) is 0.553. The van der Waals surface area contributed by atoms with Gasteiger partial charge in [0.25, 0.3) is 0 Å². The monoisotopic (exact) mass is 345 g/mol. The Morgan fingerprint density at radius 1 is 1.29 bits per heavy atom. The van der Waals surface area contributed by atoms with Crippen LogP contribution in [-0.4, -0.2) is 24.1 Å². The summed E-state index contributed by atoms with van der Waals surface area (Å²) in [7, 11) is 0. The molecule has 1 aromatic rings. The first-order valence-electron chi connectivity index (χ1n) is 8.27. The van der Waals surface area contributed by atoms with Crippen molar-refractivity contribution in [2.45, 2.75) is 39.0 Å². The van der Waals surface area contributed by atoms with Crippen molar-refractivity contribution in [2.75, 3.05) is 6.61 Å². The molecule has 0 amide bonds. The predicted molar refractivity (Wildman–Crippen MR) is 93.3 cm³/mol. The average Bonchev–Trinajstić information content (AvgIpc) is 2.54. The number of benzene rings is 1. The highest BCUT2D eigenvalue weighted by molar-refractivity contribution is 6.31. The maximum absolute atomic E-state index is 12.7. The molecule has 0 spiro atoms. The number of rotatable bonds is 3. The number of hydrogen-bond acceptors (Lipinski definition) is 4. The molecule has 1 heterocycles. The minimum absolute atomic E-state index is 0.124. The number of ether oxygens (including phenoxy) is 1. The Morgan fingerprint density at radius 3 is 2.75 bits per heavy atom. The number of Topliss-reactive ketones (excluding diaryl/α,β-unsaturated/α-hetero) is 1. The van der Waals surface area contributed by atoms with Crippen molar-refractivity contribution in [1.82, 2.24) is 0 Å². The molecule has 0 radical (unpaired) electrons. The Labute approximate surface area is 146 Å². The van der Waals surface area contributed by atoms with Crippen molar-refractivity contribution in [3.05, 3.63) is 46.1 Å². The van der Waals surface area contributed by atoms with Gasteiger partial charge in [-0.05, 0) is 38.3 Å². The zero-order valence-corrected chi connectivity index (χ0v) is 14.6. The minimum Gasteiger partial charge on any atom is -0.463 e. The van der Waals surface area contributed by atoms with Crippen LogP contribution in [0.25, 0.3) is 0 Å². The first kappa shape index (κ1) is 16.9. The summed E-state index contributed by atoms with van der Waals surface area (Å²) < 4.78 is 5.24. The molecule has 4 nitrogen and oxygen atoms in total. The van der Waals surface area contributed by atoms with E-state index in [1.54, 1.807) is 19.9 Å². The number of carbonyl (C=O) groups is 2. The molecule has 2 aliphatic rings. The third-order valence-corrected chi connectivity index (χ3v) is 4.99. The highest BCUT2D eigenvalue weighted by atomic mass is 35.5. The number of esters is 1. The summed E-state index contributed by atoms with van der Waals surface area (Å²) in [6, 6.07) is 7.38. The molecule has 0 bridgehead atoms. The molecule has 2 atom stereocenters. The fourth-order valence-corrected chi connectivity index (χ4v) is 3.91. The number of halogens is 1. The van der Waals surface area contributed by atoms with Gasteiger partial charge in [-0.25, -0.2) is 4.79 Å². The van der Waals surface area contributed by atoms with Crippen LogP contribution in [0.4, 0.5) is 0 Å². The Hall–Kier alpha value is -1.94. The van der Waals surface area contributed by atoms with Gasteiger partial charge < -0.3 is 4.74 Å². The average molecular weight is 346 g/mol. The van der Waals surface area contributed by atoms with Gasteiger partial charge in [-0.3, -0.25) is 9.79 Å². The Kier molecular flexibility index (Phi) is 4.86. The van der Waals surface area contributed by atoms with E-state index in [9.17, 15) is 9.59 Å². The van der Waals surface area contributed by atoms with E-state index in [0.717, 1.165) is 24.1 Å². The second-order valence-electron chi connectivity index (χ2n) is 6.12. The van der Waals surface area contributed by atoms with Crippen molar-refractivity contribution in [3.63, 3.8) is 0 Å². The van der Waals surface area contributed by atoms with Crippen LogP contribution >= 0.6 is 11.6 Å². The summed E-state index contributed by atoms with van der Waals surface area (Å²) in [6.07, 6.45) is 2.11. The molecule has 1 aromatic carbocycles. The molecule has 126 valence electrons. The number of ketones is 1. The summed E-state index contributed by atoms with van der Waals surface area (Å²) >= 11 is 6.41. The van der Waals surface area contributed by atoms with Gasteiger partial charge in [0.1, 0.15) is 5.78 Å². The lowest BCUT2D eigenvalue weighted by Crippen LogP contribution is -2.39. The smallest absolute Gasteiger partial charge is 0.336 e. The van der Waals surface area contributed by atoms with E-state index in [-0.39, 0.29) is 12.4 Å². The maximum atomic E-state index is 12.7. The molecule has 0 N–H and O–H groups in total.